The van der Waals surface area contributed by atoms with Crippen LogP contribution in [0.25, 0.3) is 12.2 Å². The lowest BCUT2D eigenvalue weighted by Crippen LogP contribution is -2.53. The molecule has 0 bridgehead atoms. The van der Waals surface area contributed by atoms with E-state index in [1.54, 1.807) is 36.3 Å². The second kappa shape index (κ2) is 9.11. The fraction of sp³-hybridized carbons (Fsp3) is 0.348. The summed E-state index contributed by atoms with van der Waals surface area (Å²) in [6.07, 6.45) is 4.28. The number of carbonyl (C=O) groups excluding carboxylic acids is 1. The second-order valence-corrected chi connectivity index (χ2v) is 9.71. The molecule has 31 heavy (non-hydrogen) atoms. The molecule has 0 N–H and O–H groups in total. The lowest BCUT2D eigenvalue weighted by Gasteiger charge is -2.35. The summed E-state index contributed by atoms with van der Waals surface area (Å²) < 4.78 is 38.4. The van der Waals surface area contributed by atoms with E-state index in [1.165, 1.54) is 4.31 Å². The van der Waals surface area contributed by atoms with Crippen molar-refractivity contribution < 1.29 is 22.7 Å². The van der Waals surface area contributed by atoms with Crippen LogP contribution in [0.3, 0.4) is 0 Å². The summed E-state index contributed by atoms with van der Waals surface area (Å²) in [6, 6.07) is 14.8. The molecule has 7 nitrogen and oxygen atoms in total. The van der Waals surface area contributed by atoms with E-state index < -0.39 is 15.3 Å². The molecule has 2 aromatic rings. The van der Waals surface area contributed by atoms with Crippen molar-refractivity contribution in [1.82, 2.24) is 9.21 Å². The van der Waals surface area contributed by atoms with Gasteiger partial charge in [0.05, 0.1) is 12.4 Å². The Kier molecular flexibility index (Phi) is 6.29. The third-order valence-electron chi connectivity index (χ3n) is 5.69. The van der Waals surface area contributed by atoms with Crippen LogP contribution in [0, 0.1) is 0 Å². The van der Waals surface area contributed by atoms with E-state index in [0.29, 0.717) is 44.1 Å². The van der Waals surface area contributed by atoms with Crippen LogP contribution in [0.1, 0.15) is 6.42 Å². The van der Waals surface area contributed by atoms with E-state index in [2.05, 4.69) is 0 Å². The molecule has 1 unspecified atom stereocenters. The van der Waals surface area contributed by atoms with E-state index in [9.17, 15) is 13.2 Å². The highest BCUT2D eigenvalue weighted by molar-refractivity contribution is 7.90. The highest BCUT2D eigenvalue weighted by Gasteiger charge is 2.34. The molecule has 0 saturated carbocycles. The van der Waals surface area contributed by atoms with E-state index in [4.69, 9.17) is 9.47 Å². The topological polar surface area (TPSA) is 76.2 Å². The minimum Gasteiger partial charge on any atom is -0.497 e. The molecule has 1 aliphatic carbocycles. The van der Waals surface area contributed by atoms with Gasteiger partial charge in [0, 0.05) is 26.2 Å². The largest absolute Gasteiger partial charge is 0.497 e. The van der Waals surface area contributed by atoms with E-state index in [-0.39, 0.29) is 12.5 Å². The Balaban J connectivity index is 1.32. The van der Waals surface area contributed by atoms with Crippen LogP contribution < -0.4 is 19.9 Å². The first-order valence-electron chi connectivity index (χ1n) is 10.3. The molecule has 2 aromatic carbocycles. The molecular weight excluding hydrogens is 416 g/mol. The molecule has 8 heteroatoms. The smallest absolute Gasteiger partial charge is 0.260 e. The lowest BCUT2D eigenvalue weighted by molar-refractivity contribution is -0.134. The monoisotopic (exact) mass is 442 g/mol. The first-order valence-corrected chi connectivity index (χ1v) is 11.8. The van der Waals surface area contributed by atoms with Crippen LogP contribution >= 0.6 is 0 Å². The lowest BCUT2D eigenvalue weighted by atomic mass is 10.1. The fourth-order valence-corrected chi connectivity index (χ4v) is 5.57. The van der Waals surface area contributed by atoms with Crippen LogP contribution in [0.15, 0.2) is 48.5 Å². The Labute approximate surface area is 182 Å². The minimum atomic E-state index is -3.47. The van der Waals surface area contributed by atoms with Crippen LogP contribution in [-0.2, 0) is 14.8 Å². The third kappa shape index (κ3) is 4.75. The Morgan fingerprint density at radius 2 is 1.61 bits per heavy atom. The minimum absolute atomic E-state index is 0.0821. The van der Waals surface area contributed by atoms with Crippen molar-refractivity contribution in [3.05, 3.63) is 59.0 Å². The average Bonchev–Trinajstić information content (AvgIpc) is 2.82. The molecular formula is C23H26N2O5S. The van der Waals surface area contributed by atoms with Crippen molar-refractivity contribution in [3.8, 4) is 11.5 Å². The summed E-state index contributed by atoms with van der Waals surface area (Å²) in [4.78, 5) is 14.1. The predicted molar refractivity (Wildman–Crippen MR) is 119 cm³/mol. The molecule has 1 saturated heterocycles. The van der Waals surface area contributed by atoms with Crippen LogP contribution in [0.2, 0.25) is 0 Å². The number of piperazine rings is 1. The number of benzene rings is 2. The standard InChI is InChI=1S/C23H26N2O5S/c1-29-20-7-9-21(10-8-20)30-17-23(26)24-12-14-25(15-13-24)31(27,28)22-11-6-18-4-2-3-5-19(18)16-22/h2-10,16,22H,11-15,17H2,1H3. The van der Waals surface area contributed by atoms with E-state index in [0.717, 1.165) is 10.4 Å². The summed E-state index contributed by atoms with van der Waals surface area (Å²) in [7, 11) is -1.89. The molecule has 4 rings (SSSR count). The second-order valence-electron chi connectivity index (χ2n) is 7.56. The van der Waals surface area contributed by atoms with Crippen LogP contribution in [0.4, 0.5) is 0 Å². The highest BCUT2D eigenvalue weighted by Crippen LogP contribution is 2.19. The van der Waals surface area contributed by atoms with Gasteiger partial charge >= 0.3 is 0 Å². The van der Waals surface area contributed by atoms with Gasteiger partial charge in [0.25, 0.3) is 5.91 Å². The van der Waals surface area contributed by atoms with Gasteiger partial charge in [0.15, 0.2) is 6.61 Å². The summed E-state index contributed by atoms with van der Waals surface area (Å²) in [5.41, 5.74) is 0. The maximum Gasteiger partial charge on any atom is 0.260 e. The molecule has 0 aromatic heterocycles. The SMILES string of the molecule is COc1ccc(OCC(=O)N2CCN(S(=O)(=O)C3C=c4ccccc4=CC3)CC2)cc1. The van der Waals surface area contributed by atoms with Crippen molar-refractivity contribution in [2.45, 2.75) is 11.7 Å². The molecule has 1 fully saturated rings. The van der Waals surface area contributed by atoms with Crippen molar-refractivity contribution in [1.29, 1.82) is 0 Å². The number of methoxy groups -OCH3 is 1. The Morgan fingerprint density at radius 3 is 2.29 bits per heavy atom. The van der Waals surface area contributed by atoms with Crippen LogP contribution in [-0.4, -0.2) is 68.7 Å². The molecule has 1 heterocycles. The average molecular weight is 443 g/mol. The fourth-order valence-electron chi connectivity index (χ4n) is 3.86. The zero-order chi connectivity index (χ0) is 21.8. The first kappa shape index (κ1) is 21.4. The first-order chi connectivity index (χ1) is 15.0. The maximum absolute atomic E-state index is 13.1. The Bertz CT molecular complexity index is 1150. The molecule has 0 radical (unpaired) electrons. The zero-order valence-corrected chi connectivity index (χ0v) is 18.3. The van der Waals surface area contributed by atoms with E-state index in [1.807, 2.05) is 36.4 Å². The summed E-state index contributed by atoms with van der Waals surface area (Å²) >= 11 is 0. The Morgan fingerprint density at radius 1 is 0.968 bits per heavy atom. The summed E-state index contributed by atoms with van der Waals surface area (Å²) in [5, 5.41) is 1.45. The quantitative estimate of drug-likeness (QED) is 0.654. The Hall–Kier alpha value is -2.84. The number of fused-ring (bicyclic) bond motifs is 1. The number of amides is 1. The number of nitrogens with zero attached hydrogens (tertiary/aromatic N) is 2. The predicted octanol–water partition coefficient (Wildman–Crippen LogP) is 0.582. The van der Waals surface area contributed by atoms with Crippen molar-refractivity contribution in [2.75, 3.05) is 39.9 Å². The van der Waals surface area contributed by atoms with Crippen molar-refractivity contribution >= 4 is 28.1 Å². The number of rotatable bonds is 6. The van der Waals surface area contributed by atoms with Gasteiger partial charge in [-0.1, -0.05) is 36.4 Å². The number of hydrogen-bond donors (Lipinski definition) is 0. The van der Waals surface area contributed by atoms with Crippen LogP contribution in [0.5, 0.6) is 11.5 Å². The molecule has 1 aliphatic heterocycles. The zero-order valence-electron chi connectivity index (χ0n) is 17.4. The van der Waals surface area contributed by atoms with E-state index >= 15 is 0 Å². The third-order valence-corrected chi connectivity index (χ3v) is 7.87. The molecule has 1 amide bonds. The van der Waals surface area contributed by atoms with Gasteiger partial charge < -0.3 is 14.4 Å². The van der Waals surface area contributed by atoms with Gasteiger partial charge in [-0.15, -0.1) is 0 Å². The summed E-state index contributed by atoms with van der Waals surface area (Å²) in [5.74, 6) is 1.14. The normalized spacial score (nSPS) is 19.0. The van der Waals surface area contributed by atoms with Crippen molar-refractivity contribution in [2.24, 2.45) is 0 Å². The van der Waals surface area contributed by atoms with Gasteiger partial charge in [-0.25, -0.2) is 8.42 Å². The molecule has 1 atom stereocenters. The molecule has 2 aliphatic rings. The number of carbonyl (C=O) groups is 1. The van der Waals surface area contributed by atoms with Gasteiger partial charge in [0.2, 0.25) is 10.0 Å². The maximum atomic E-state index is 13.1. The number of sulfonamides is 1. The molecule has 164 valence electrons. The van der Waals surface area contributed by atoms with Gasteiger partial charge in [-0.2, -0.15) is 4.31 Å². The highest BCUT2D eigenvalue weighted by atomic mass is 32.2. The van der Waals surface area contributed by atoms with Gasteiger partial charge in [0.1, 0.15) is 11.5 Å². The molecule has 0 spiro atoms. The summed E-state index contributed by atoms with van der Waals surface area (Å²) in [6.45, 7) is 1.22. The van der Waals surface area contributed by atoms with Gasteiger partial charge in [-0.05, 0) is 41.1 Å². The number of ether oxygens (including phenoxy) is 2. The van der Waals surface area contributed by atoms with Crippen molar-refractivity contribution in [3.63, 3.8) is 0 Å². The number of hydrogen-bond acceptors (Lipinski definition) is 5. The van der Waals surface area contributed by atoms with Gasteiger partial charge in [-0.3, -0.25) is 4.79 Å².